The van der Waals surface area contributed by atoms with Gasteiger partial charge in [0.25, 0.3) is 0 Å². The molecule has 0 aromatic rings. The van der Waals surface area contributed by atoms with Crippen molar-refractivity contribution in [3.05, 3.63) is 0 Å². The van der Waals surface area contributed by atoms with Crippen LogP contribution >= 0.6 is 0 Å². The number of carboxylic acid groups (broad SMARTS) is 1. The van der Waals surface area contributed by atoms with Gasteiger partial charge in [0.2, 0.25) is 0 Å². The molecule has 0 aliphatic heterocycles. The van der Waals surface area contributed by atoms with Crippen molar-refractivity contribution in [2.45, 2.75) is 132 Å². The van der Waals surface area contributed by atoms with Crippen molar-refractivity contribution in [2.24, 2.45) is 56.2 Å². The first-order valence-electron chi connectivity index (χ1n) is 14.9. The van der Waals surface area contributed by atoms with E-state index in [0.717, 1.165) is 44.9 Å². The monoisotopic (exact) mass is 500 g/mol. The van der Waals surface area contributed by atoms with E-state index in [2.05, 4.69) is 48.5 Å². The fraction of sp³-hybridized carbons (Fsp3) is 0.938. The molecule has 0 aromatic carbocycles. The van der Waals surface area contributed by atoms with Gasteiger partial charge in [-0.25, -0.2) is 0 Å². The maximum absolute atomic E-state index is 12.8. The Labute approximate surface area is 219 Å². The van der Waals surface area contributed by atoms with E-state index in [4.69, 9.17) is 4.74 Å². The molecule has 0 unspecified atom stereocenters. The van der Waals surface area contributed by atoms with E-state index < -0.39 is 11.4 Å². The Kier molecular flexibility index (Phi) is 5.88. The average molecular weight is 501 g/mol. The van der Waals surface area contributed by atoms with Crippen molar-refractivity contribution < 1.29 is 19.4 Å². The van der Waals surface area contributed by atoms with E-state index in [9.17, 15) is 14.7 Å². The first-order valence-corrected chi connectivity index (χ1v) is 14.9. The molecule has 0 spiro atoms. The normalized spacial score (nSPS) is 51.1. The maximum atomic E-state index is 12.8. The van der Waals surface area contributed by atoms with Crippen LogP contribution in [0.3, 0.4) is 0 Å². The molecule has 36 heavy (non-hydrogen) atoms. The summed E-state index contributed by atoms with van der Waals surface area (Å²) >= 11 is 0. The molecule has 5 fully saturated rings. The quantitative estimate of drug-likeness (QED) is 0.392. The highest BCUT2D eigenvalue weighted by Crippen LogP contribution is 2.77. The van der Waals surface area contributed by atoms with E-state index >= 15 is 0 Å². The lowest BCUT2D eigenvalue weighted by Crippen LogP contribution is -2.67. The summed E-state index contributed by atoms with van der Waals surface area (Å²) in [6.07, 6.45) is 11.8. The van der Waals surface area contributed by atoms with Gasteiger partial charge in [-0.3, -0.25) is 9.59 Å². The highest BCUT2D eigenvalue weighted by atomic mass is 16.5. The summed E-state index contributed by atoms with van der Waals surface area (Å²) in [5.41, 5.74) is 0.385. The van der Waals surface area contributed by atoms with Gasteiger partial charge in [-0.1, -0.05) is 48.5 Å². The van der Waals surface area contributed by atoms with Crippen LogP contribution < -0.4 is 0 Å². The largest absolute Gasteiger partial charge is 0.481 e. The van der Waals surface area contributed by atoms with Crippen LogP contribution in [0.5, 0.6) is 0 Å². The molecular formula is C32H52O4. The predicted octanol–water partition coefficient (Wildman–Crippen LogP) is 7.88. The number of aliphatic carboxylic acids is 1. The van der Waals surface area contributed by atoms with Gasteiger partial charge in [0.05, 0.1) is 5.41 Å². The molecule has 5 saturated carbocycles. The third kappa shape index (κ3) is 3.36. The Balaban J connectivity index is 1.50. The minimum absolute atomic E-state index is 0.0136. The lowest BCUT2D eigenvalue weighted by molar-refractivity contribution is -0.256. The van der Waals surface area contributed by atoms with Gasteiger partial charge in [-0.2, -0.15) is 0 Å². The Bertz CT molecular complexity index is 936. The summed E-state index contributed by atoms with van der Waals surface area (Å²) in [6, 6.07) is 0. The van der Waals surface area contributed by atoms with Crippen LogP contribution in [0.25, 0.3) is 0 Å². The van der Waals surface area contributed by atoms with Gasteiger partial charge in [-0.05, 0) is 116 Å². The third-order valence-corrected chi connectivity index (χ3v) is 13.9. The predicted molar refractivity (Wildman–Crippen MR) is 142 cm³/mol. The number of esters is 1. The molecule has 0 amide bonds. The second-order valence-electron chi connectivity index (χ2n) is 16.1. The summed E-state index contributed by atoms with van der Waals surface area (Å²) in [5, 5.41) is 10.6. The topological polar surface area (TPSA) is 63.6 Å². The zero-order valence-corrected chi connectivity index (χ0v) is 24.3. The second kappa shape index (κ2) is 7.98. The SMILES string of the molecule is CC(=O)O[C@H]1CC[C@@]2(C)[C@H](CC[C@]3(C)[C@@H]2CC[C@@H]2[C@@H]4CC(C)(C)CC[C@]4(C(=O)O)CC[C@]23C)C1(C)C. The van der Waals surface area contributed by atoms with E-state index in [1.54, 1.807) is 6.92 Å². The first kappa shape index (κ1) is 26.5. The molecule has 4 nitrogen and oxygen atoms in total. The summed E-state index contributed by atoms with van der Waals surface area (Å²) in [7, 11) is 0. The molecule has 0 bridgehead atoms. The number of carbonyl (C=O) groups excluding carboxylic acids is 1. The number of ether oxygens (including phenoxy) is 1. The zero-order chi connectivity index (χ0) is 26.5. The van der Waals surface area contributed by atoms with Gasteiger partial charge in [0.15, 0.2) is 0 Å². The van der Waals surface area contributed by atoms with Gasteiger partial charge in [0.1, 0.15) is 6.10 Å². The van der Waals surface area contributed by atoms with Gasteiger partial charge in [-0.15, -0.1) is 0 Å². The number of carboxylic acids is 1. The number of hydrogen-bond donors (Lipinski definition) is 1. The van der Waals surface area contributed by atoms with E-state index in [-0.39, 0.29) is 39.1 Å². The molecule has 204 valence electrons. The molecule has 0 heterocycles. The third-order valence-electron chi connectivity index (χ3n) is 13.9. The minimum Gasteiger partial charge on any atom is -0.481 e. The minimum atomic E-state index is -0.515. The van der Waals surface area contributed by atoms with Crippen molar-refractivity contribution in [3.63, 3.8) is 0 Å². The van der Waals surface area contributed by atoms with Crippen LogP contribution in [0.1, 0.15) is 126 Å². The van der Waals surface area contributed by atoms with Crippen molar-refractivity contribution in [2.75, 3.05) is 0 Å². The van der Waals surface area contributed by atoms with Crippen molar-refractivity contribution in [1.29, 1.82) is 0 Å². The summed E-state index contributed by atoms with van der Waals surface area (Å²) < 4.78 is 5.88. The van der Waals surface area contributed by atoms with Crippen LogP contribution in [0.2, 0.25) is 0 Å². The smallest absolute Gasteiger partial charge is 0.309 e. The number of carbonyl (C=O) groups is 2. The fourth-order valence-corrected chi connectivity index (χ4v) is 11.8. The van der Waals surface area contributed by atoms with Crippen LogP contribution in [-0.4, -0.2) is 23.1 Å². The molecule has 5 aliphatic carbocycles. The zero-order valence-electron chi connectivity index (χ0n) is 24.3. The summed E-state index contributed by atoms with van der Waals surface area (Å²) in [5.74, 6) is 1.35. The highest BCUT2D eigenvalue weighted by molar-refractivity contribution is 5.75. The van der Waals surface area contributed by atoms with Crippen LogP contribution in [-0.2, 0) is 14.3 Å². The standard InChI is InChI=1S/C32H52O4/c1-20(33)36-25-12-13-29(6)23(28(25,4)5)11-14-31(8)24(29)10-9-21-22-19-27(2,3)15-17-32(22,26(34)35)18-16-30(21,31)7/h21-25H,9-19H2,1-8H3,(H,34,35)/t21-,22+,23-,24-,25+,29+,30-,31-,32+/m1/s1. The van der Waals surface area contributed by atoms with Crippen molar-refractivity contribution in [3.8, 4) is 0 Å². The molecular weight excluding hydrogens is 448 g/mol. The number of rotatable bonds is 2. The molecule has 0 aromatic heterocycles. The highest BCUT2D eigenvalue weighted by Gasteiger charge is 2.71. The van der Waals surface area contributed by atoms with Gasteiger partial charge in [0, 0.05) is 12.3 Å². The number of fused-ring (bicyclic) bond motifs is 7. The molecule has 0 radical (unpaired) electrons. The molecule has 1 N–H and O–H groups in total. The Morgan fingerprint density at radius 1 is 0.722 bits per heavy atom. The van der Waals surface area contributed by atoms with Crippen molar-refractivity contribution >= 4 is 11.9 Å². The molecule has 5 rings (SSSR count). The molecule has 5 aliphatic rings. The summed E-state index contributed by atoms with van der Waals surface area (Å²) in [6.45, 7) is 18.8. The first-order chi connectivity index (χ1) is 16.5. The second-order valence-corrected chi connectivity index (χ2v) is 16.1. The van der Waals surface area contributed by atoms with Crippen LogP contribution in [0.4, 0.5) is 0 Å². The molecule has 9 atom stereocenters. The fourth-order valence-electron chi connectivity index (χ4n) is 11.8. The maximum Gasteiger partial charge on any atom is 0.309 e. The van der Waals surface area contributed by atoms with E-state index in [1.807, 2.05) is 0 Å². The van der Waals surface area contributed by atoms with Crippen LogP contribution in [0, 0.1) is 56.2 Å². The van der Waals surface area contributed by atoms with Gasteiger partial charge < -0.3 is 9.84 Å². The Hall–Kier alpha value is -1.06. The molecule has 0 saturated heterocycles. The van der Waals surface area contributed by atoms with Gasteiger partial charge >= 0.3 is 11.9 Å². The van der Waals surface area contributed by atoms with E-state index in [1.165, 1.54) is 25.7 Å². The Morgan fingerprint density at radius 2 is 1.39 bits per heavy atom. The molecule has 4 heteroatoms. The van der Waals surface area contributed by atoms with Crippen LogP contribution in [0.15, 0.2) is 0 Å². The number of hydrogen-bond acceptors (Lipinski definition) is 3. The Morgan fingerprint density at radius 3 is 2.03 bits per heavy atom. The van der Waals surface area contributed by atoms with Crippen molar-refractivity contribution in [1.82, 2.24) is 0 Å². The lowest BCUT2D eigenvalue weighted by atomic mass is 9.31. The van der Waals surface area contributed by atoms with E-state index in [0.29, 0.717) is 23.7 Å². The summed E-state index contributed by atoms with van der Waals surface area (Å²) in [4.78, 5) is 24.7. The average Bonchev–Trinajstić information content (AvgIpc) is 2.75. The lowest BCUT2D eigenvalue weighted by Gasteiger charge is -2.73.